The van der Waals surface area contributed by atoms with Crippen LogP contribution in [0.5, 0.6) is 0 Å². The summed E-state index contributed by atoms with van der Waals surface area (Å²) in [5.74, 6) is 3.43. The molecule has 1 aliphatic rings. The van der Waals surface area contributed by atoms with Crippen LogP contribution in [-0.2, 0) is 0 Å². The van der Waals surface area contributed by atoms with Crippen LogP contribution in [0.25, 0.3) is 0 Å². The van der Waals surface area contributed by atoms with Crippen LogP contribution in [0.2, 0.25) is 0 Å². The standard InChI is InChI=1S/C10H22N2S/c1-3-8(2)12-10(6-11)9-4-5-13-7-9/h8-10,12H,3-7,11H2,1-2H3. The zero-order valence-electron chi connectivity index (χ0n) is 8.75. The summed E-state index contributed by atoms with van der Waals surface area (Å²) < 4.78 is 0. The first kappa shape index (κ1) is 11.3. The van der Waals surface area contributed by atoms with E-state index in [2.05, 4.69) is 30.9 Å². The third kappa shape index (κ3) is 3.49. The molecule has 78 valence electrons. The molecule has 2 nitrogen and oxygen atoms in total. The summed E-state index contributed by atoms with van der Waals surface area (Å²) in [6.07, 6.45) is 2.53. The second-order valence-corrected chi connectivity index (χ2v) is 5.09. The van der Waals surface area contributed by atoms with E-state index >= 15 is 0 Å². The Morgan fingerprint density at radius 2 is 2.38 bits per heavy atom. The molecule has 3 unspecified atom stereocenters. The first-order valence-electron chi connectivity index (χ1n) is 5.31. The molecule has 0 aromatic heterocycles. The molecule has 1 fully saturated rings. The highest BCUT2D eigenvalue weighted by atomic mass is 32.2. The van der Waals surface area contributed by atoms with E-state index < -0.39 is 0 Å². The van der Waals surface area contributed by atoms with E-state index in [0.29, 0.717) is 12.1 Å². The van der Waals surface area contributed by atoms with Gasteiger partial charge in [0.15, 0.2) is 0 Å². The Hall–Kier alpha value is 0.270. The first-order chi connectivity index (χ1) is 6.27. The van der Waals surface area contributed by atoms with Crippen LogP contribution < -0.4 is 11.1 Å². The largest absolute Gasteiger partial charge is 0.329 e. The van der Waals surface area contributed by atoms with Gasteiger partial charge in [-0.3, -0.25) is 0 Å². The second kappa shape index (κ2) is 5.89. The topological polar surface area (TPSA) is 38.0 Å². The van der Waals surface area contributed by atoms with Gasteiger partial charge in [0.2, 0.25) is 0 Å². The Morgan fingerprint density at radius 1 is 1.62 bits per heavy atom. The van der Waals surface area contributed by atoms with Crippen LogP contribution in [0.3, 0.4) is 0 Å². The lowest BCUT2D eigenvalue weighted by atomic mass is 9.98. The summed E-state index contributed by atoms with van der Waals surface area (Å²) in [6, 6.07) is 1.16. The molecule has 1 heterocycles. The maximum Gasteiger partial charge on any atom is 0.0229 e. The summed E-state index contributed by atoms with van der Waals surface area (Å²) in [6.45, 7) is 5.25. The van der Waals surface area contributed by atoms with Crippen molar-refractivity contribution in [2.75, 3.05) is 18.1 Å². The number of hydrogen-bond donors (Lipinski definition) is 2. The predicted octanol–water partition coefficient (Wildman–Crippen LogP) is 1.45. The van der Waals surface area contributed by atoms with Crippen molar-refractivity contribution in [3.8, 4) is 0 Å². The highest BCUT2D eigenvalue weighted by Crippen LogP contribution is 2.26. The minimum Gasteiger partial charge on any atom is -0.329 e. The highest BCUT2D eigenvalue weighted by Gasteiger charge is 2.24. The van der Waals surface area contributed by atoms with Crippen LogP contribution in [0.1, 0.15) is 26.7 Å². The molecule has 1 aliphatic heterocycles. The molecule has 13 heavy (non-hydrogen) atoms. The number of nitrogens with one attached hydrogen (secondary N) is 1. The molecule has 0 saturated carbocycles. The summed E-state index contributed by atoms with van der Waals surface area (Å²) in [4.78, 5) is 0. The summed E-state index contributed by atoms with van der Waals surface area (Å²) in [7, 11) is 0. The van der Waals surface area contributed by atoms with Gasteiger partial charge in [0.25, 0.3) is 0 Å². The zero-order valence-corrected chi connectivity index (χ0v) is 9.57. The fourth-order valence-corrected chi connectivity index (χ4v) is 3.09. The zero-order chi connectivity index (χ0) is 9.68. The van der Waals surface area contributed by atoms with E-state index in [0.717, 1.165) is 12.5 Å². The summed E-state index contributed by atoms with van der Waals surface area (Å²) in [5.41, 5.74) is 5.78. The minimum absolute atomic E-state index is 0.546. The fourth-order valence-electron chi connectivity index (χ4n) is 1.75. The third-order valence-corrected chi connectivity index (χ3v) is 4.09. The van der Waals surface area contributed by atoms with Crippen LogP contribution in [0, 0.1) is 5.92 Å². The maximum absolute atomic E-state index is 5.78. The minimum atomic E-state index is 0.546. The molecule has 0 aliphatic carbocycles. The monoisotopic (exact) mass is 202 g/mol. The van der Waals surface area contributed by atoms with E-state index in [1.54, 1.807) is 0 Å². The Balaban J connectivity index is 2.32. The first-order valence-corrected chi connectivity index (χ1v) is 6.47. The smallest absolute Gasteiger partial charge is 0.0229 e. The van der Waals surface area contributed by atoms with Gasteiger partial charge in [0.05, 0.1) is 0 Å². The van der Waals surface area contributed by atoms with Gasteiger partial charge in [-0.25, -0.2) is 0 Å². The van der Waals surface area contributed by atoms with E-state index in [1.165, 1.54) is 24.3 Å². The molecule has 3 N–H and O–H groups in total. The van der Waals surface area contributed by atoms with Crippen molar-refractivity contribution in [2.24, 2.45) is 11.7 Å². The molecular weight excluding hydrogens is 180 g/mol. The molecule has 1 rings (SSSR count). The van der Waals surface area contributed by atoms with Crippen LogP contribution in [0.4, 0.5) is 0 Å². The van der Waals surface area contributed by atoms with Gasteiger partial charge in [-0.15, -0.1) is 0 Å². The van der Waals surface area contributed by atoms with Crippen molar-refractivity contribution in [1.29, 1.82) is 0 Å². The molecule has 0 radical (unpaired) electrons. The molecule has 0 amide bonds. The lowest BCUT2D eigenvalue weighted by Crippen LogP contribution is -2.46. The van der Waals surface area contributed by atoms with Crippen LogP contribution in [0.15, 0.2) is 0 Å². The third-order valence-electron chi connectivity index (χ3n) is 2.90. The quantitative estimate of drug-likeness (QED) is 0.709. The van der Waals surface area contributed by atoms with Crippen molar-refractivity contribution < 1.29 is 0 Å². The lowest BCUT2D eigenvalue weighted by molar-refractivity contribution is 0.349. The van der Waals surface area contributed by atoms with Crippen molar-refractivity contribution in [1.82, 2.24) is 5.32 Å². The van der Waals surface area contributed by atoms with Gasteiger partial charge in [-0.1, -0.05) is 6.92 Å². The second-order valence-electron chi connectivity index (χ2n) is 3.94. The van der Waals surface area contributed by atoms with Gasteiger partial charge >= 0.3 is 0 Å². The Labute approximate surface area is 86.0 Å². The van der Waals surface area contributed by atoms with Gasteiger partial charge in [0.1, 0.15) is 0 Å². The van der Waals surface area contributed by atoms with Gasteiger partial charge < -0.3 is 11.1 Å². The molecule has 3 heteroatoms. The van der Waals surface area contributed by atoms with E-state index in [9.17, 15) is 0 Å². The average Bonchev–Trinajstić information content (AvgIpc) is 2.66. The van der Waals surface area contributed by atoms with Gasteiger partial charge in [0, 0.05) is 18.6 Å². The Morgan fingerprint density at radius 3 is 2.85 bits per heavy atom. The van der Waals surface area contributed by atoms with Gasteiger partial charge in [-0.2, -0.15) is 11.8 Å². The van der Waals surface area contributed by atoms with Gasteiger partial charge in [-0.05, 0) is 37.2 Å². The lowest BCUT2D eigenvalue weighted by Gasteiger charge is -2.26. The van der Waals surface area contributed by atoms with Crippen molar-refractivity contribution in [2.45, 2.75) is 38.8 Å². The molecule has 3 atom stereocenters. The van der Waals surface area contributed by atoms with Crippen molar-refractivity contribution in [3.63, 3.8) is 0 Å². The summed E-state index contributed by atoms with van der Waals surface area (Å²) >= 11 is 2.07. The molecule has 0 aromatic carbocycles. The highest BCUT2D eigenvalue weighted by molar-refractivity contribution is 7.99. The molecule has 1 saturated heterocycles. The number of rotatable bonds is 5. The fraction of sp³-hybridized carbons (Fsp3) is 1.00. The molecule has 0 bridgehead atoms. The average molecular weight is 202 g/mol. The number of hydrogen-bond acceptors (Lipinski definition) is 3. The number of thioether (sulfide) groups is 1. The Kier molecular flexibility index (Phi) is 5.14. The van der Waals surface area contributed by atoms with Crippen LogP contribution in [-0.4, -0.2) is 30.1 Å². The van der Waals surface area contributed by atoms with Crippen molar-refractivity contribution in [3.05, 3.63) is 0 Å². The van der Waals surface area contributed by atoms with Crippen LogP contribution >= 0.6 is 11.8 Å². The SMILES string of the molecule is CCC(C)NC(CN)C1CCSC1. The predicted molar refractivity (Wildman–Crippen MR) is 61.2 cm³/mol. The normalized spacial score (nSPS) is 27.5. The van der Waals surface area contributed by atoms with Crippen molar-refractivity contribution >= 4 is 11.8 Å². The summed E-state index contributed by atoms with van der Waals surface area (Å²) in [5, 5.41) is 3.62. The molecular formula is C10H22N2S. The van der Waals surface area contributed by atoms with E-state index in [4.69, 9.17) is 5.73 Å². The molecule has 0 aromatic rings. The molecule has 0 spiro atoms. The number of nitrogens with two attached hydrogens (primary N) is 1. The Bertz CT molecular complexity index is 135. The maximum atomic E-state index is 5.78. The van der Waals surface area contributed by atoms with E-state index in [1.807, 2.05) is 0 Å². The van der Waals surface area contributed by atoms with E-state index in [-0.39, 0.29) is 0 Å².